The van der Waals surface area contributed by atoms with E-state index < -0.39 is 0 Å². The smallest absolute Gasteiger partial charge is 0.0817 e. The summed E-state index contributed by atoms with van der Waals surface area (Å²) >= 11 is 0. The van der Waals surface area contributed by atoms with Gasteiger partial charge in [0, 0.05) is 6.42 Å². The Balaban J connectivity index is 3.48. The summed E-state index contributed by atoms with van der Waals surface area (Å²) in [5, 5.41) is 0. The topological polar surface area (TPSA) is 0 Å². The summed E-state index contributed by atoms with van der Waals surface area (Å²) in [4.78, 5) is 0. The molecule has 0 heterocycles. The second kappa shape index (κ2) is 6.24. The van der Waals surface area contributed by atoms with Crippen molar-refractivity contribution in [3.8, 4) is 0 Å². The number of unbranched alkanes of at least 4 members (excludes halogenated alkanes) is 2. The lowest BCUT2D eigenvalue weighted by atomic mass is 10.2. The fraction of sp³-hybridized carbons (Fsp3) is 0.818. The summed E-state index contributed by atoms with van der Waals surface area (Å²) in [6.45, 7) is 8.54. The van der Waals surface area contributed by atoms with E-state index in [9.17, 15) is 0 Å². The molecule has 0 unspecified atom stereocenters. The number of quaternary nitrogens is 1. The zero-order valence-electron chi connectivity index (χ0n) is 8.97. The highest BCUT2D eigenvalue weighted by Crippen LogP contribution is 2.04. The maximum atomic E-state index is 3.75. The highest BCUT2D eigenvalue weighted by Gasteiger charge is 2.11. The van der Waals surface area contributed by atoms with E-state index >= 15 is 0 Å². The molecular weight excluding hydrogens is 146 g/mol. The first-order chi connectivity index (χ1) is 5.62. The monoisotopic (exact) mass is 170 g/mol. The number of hydrogen-bond donors (Lipinski definition) is 0. The molecule has 0 aliphatic rings. The van der Waals surface area contributed by atoms with E-state index in [1.165, 1.54) is 32.4 Å². The third-order valence-electron chi connectivity index (χ3n) is 2.31. The molecule has 0 aromatic heterocycles. The lowest BCUT2D eigenvalue weighted by Crippen LogP contribution is -2.40. The van der Waals surface area contributed by atoms with Crippen LogP contribution in [0, 0.1) is 0 Å². The molecule has 0 radical (unpaired) electrons. The third kappa shape index (κ3) is 6.41. The minimum atomic E-state index is 1.14. The van der Waals surface area contributed by atoms with E-state index in [1.54, 1.807) is 0 Å². The van der Waals surface area contributed by atoms with Crippen molar-refractivity contribution in [2.45, 2.75) is 32.6 Å². The van der Waals surface area contributed by atoms with Gasteiger partial charge in [0.25, 0.3) is 0 Å². The van der Waals surface area contributed by atoms with Gasteiger partial charge in [0.15, 0.2) is 0 Å². The predicted molar refractivity (Wildman–Crippen MR) is 56.2 cm³/mol. The van der Waals surface area contributed by atoms with Gasteiger partial charge in [0.05, 0.1) is 27.2 Å². The fourth-order valence-corrected chi connectivity index (χ4v) is 1.34. The van der Waals surface area contributed by atoms with Gasteiger partial charge in [-0.1, -0.05) is 19.4 Å². The normalized spacial score (nSPS) is 11.6. The second-order valence-corrected chi connectivity index (χ2v) is 4.17. The van der Waals surface area contributed by atoms with Gasteiger partial charge >= 0.3 is 0 Å². The van der Waals surface area contributed by atoms with Crippen molar-refractivity contribution in [2.24, 2.45) is 0 Å². The SMILES string of the molecule is C=CCC[N+](C)(C)CCCCC. The maximum absolute atomic E-state index is 3.75. The van der Waals surface area contributed by atoms with Crippen LogP contribution in [-0.4, -0.2) is 31.7 Å². The first-order valence-electron chi connectivity index (χ1n) is 5.05. The first-order valence-corrected chi connectivity index (χ1v) is 5.05. The van der Waals surface area contributed by atoms with Gasteiger partial charge in [-0.3, -0.25) is 0 Å². The highest BCUT2D eigenvalue weighted by atomic mass is 15.3. The van der Waals surface area contributed by atoms with E-state index in [1.807, 2.05) is 6.08 Å². The third-order valence-corrected chi connectivity index (χ3v) is 2.31. The molecule has 1 heteroatoms. The molecule has 0 aliphatic carbocycles. The van der Waals surface area contributed by atoms with Gasteiger partial charge in [-0.2, -0.15) is 0 Å². The molecule has 0 atom stereocenters. The molecule has 0 saturated heterocycles. The zero-order chi connectivity index (χ0) is 9.45. The Morgan fingerprint density at radius 1 is 1.17 bits per heavy atom. The average Bonchev–Trinajstić information content (AvgIpc) is 2.01. The van der Waals surface area contributed by atoms with Crippen LogP contribution in [0.25, 0.3) is 0 Å². The number of nitrogens with zero attached hydrogens (tertiary/aromatic N) is 1. The van der Waals surface area contributed by atoms with Crippen LogP contribution in [0.4, 0.5) is 0 Å². The Hall–Kier alpha value is -0.300. The van der Waals surface area contributed by atoms with Crippen molar-refractivity contribution in [3.63, 3.8) is 0 Å². The molecule has 0 spiro atoms. The molecule has 0 rings (SSSR count). The van der Waals surface area contributed by atoms with Gasteiger partial charge in [-0.05, 0) is 12.8 Å². The van der Waals surface area contributed by atoms with E-state index in [2.05, 4.69) is 27.6 Å². The van der Waals surface area contributed by atoms with Crippen molar-refractivity contribution in [2.75, 3.05) is 27.2 Å². The summed E-state index contributed by atoms with van der Waals surface area (Å²) in [6.07, 6.45) is 7.21. The van der Waals surface area contributed by atoms with Crippen LogP contribution in [0.2, 0.25) is 0 Å². The molecule has 0 saturated carbocycles. The van der Waals surface area contributed by atoms with Gasteiger partial charge < -0.3 is 4.48 Å². The van der Waals surface area contributed by atoms with Gasteiger partial charge in [-0.25, -0.2) is 0 Å². The van der Waals surface area contributed by atoms with Crippen LogP contribution in [-0.2, 0) is 0 Å². The lowest BCUT2D eigenvalue weighted by Gasteiger charge is -2.29. The summed E-state index contributed by atoms with van der Waals surface area (Å²) < 4.78 is 1.14. The first kappa shape index (κ1) is 11.7. The standard InChI is InChI=1S/C11H24N/c1-5-7-9-11-12(3,4)10-8-6-2/h6H,2,5,7-11H2,1,3-4H3/q+1. The molecule has 0 amide bonds. The Kier molecular flexibility index (Phi) is 6.09. The molecule has 0 bridgehead atoms. The van der Waals surface area contributed by atoms with Crippen molar-refractivity contribution in [3.05, 3.63) is 12.7 Å². The Morgan fingerprint density at radius 3 is 2.33 bits per heavy atom. The predicted octanol–water partition coefficient (Wildman–Crippen LogP) is 2.83. The summed E-state index contributed by atoms with van der Waals surface area (Å²) in [7, 11) is 4.61. The van der Waals surface area contributed by atoms with Crippen LogP contribution in [0.1, 0.15) is 32.6 Å². The fourth-order valence-electron chi connectivity index (χ4n) is 1.34. The average molecular weight is 170 g/mol. The highest BCUT2D eigenvalue weighted by molar-refractivity contribution is 4.64. The van der Waals surface area contributed by atoms with Crippen LogP contribution in [0.15, 0.2) is 12.7 Å². The van der Waals surface area contributed by atoms with Crippen LogP contribution in [0.3, 0.4) is 0 Å². The van der Waals surface area contributed by atoms with Crippen LogP contribution >= 0.6 is 0 Å². The lowest BCUT2D eigenvalue weighted by molar-refractivity contribution is -0.890. The number of hydrogen-bond acceptors (Lipinski definition) is 0. The summed E-state index contributed by atoms with van der Waals surface area (Å²) in [6, 6.07) is 0. The molecule has 0 aromatic carbocycles. The minimum absolute atomic E-state index is 1.14. The zero-order valence-corrected chi connectivity index (χ0v) is 8.97. The molecule has 12 heavy (non-hydrogen) atoms. The quantitative estimate of drug-likeness (QED) is 0.313. The van der Waals surface area contributed by atoms with Crippen molar-refractivity contribution in [1.82, 2.24) is 0 Å². The number of rotatable bonds is 7. The molecule has 1 nitrogen and oxygen atoms in total. The van der Waals surface area contributed by atoms with Gasteiger partial charge in [0.2, 0.25) is 0 Å². The molecule has 0 N–H and O–H groups in total. The van der Waals surface area contributed by atoms with Crippen LogP contribution < -0.4 is 0 Å². The van der Waals surface area contributed by atoms with Gasteiger partial charge in [-0.15, -0.1) is 6.58 Å². The van der Waals surface area contributed by atoms with Crippen LogP contribution in [0.5, 0.6) is 0 Å². The van der Waals surface area contributed by atoms with Crippen molar-refractivity contribution >= 4 is 0 Å². The summed E-state index contributed by atoms with van der Waals surface area (Å²) in [5.74, 6) is 0. The second-order valence-electron chi connectivity index (χ2n) is 4.17. The maximum Gasteiger partial charge on any atom is 0.0817 e. The van der Waals surface area contributed by atoms with Gasteiger partial charge in [0.1, 0.15) is 0 Å². The molecule has 0 aromatic rings. The van der Waals surface area contributed by atoms with E-state index in [4.69, 9.17) is 0 Å². The minimum Gasteiger partial charge on any atom is -0.328 e. The Bertz CT molecular complexity index is 116. The summed E-state index contributed by atoms with van der Waals surface area (Å²) in [5.41, 5.74) is 0. The van der Waals surface area contributed by atoms with E-state index in [0.29, 0.717) is 0 Å². The Labute approximate surface area is 77.7 Å². The molecule has 72 valence electrons. The van der Waals surface area contributed by atoms with E-state index in [-0.39, 0.29) is 0 Å². The van der Waals surface area contributed by atoms with Crippen molar-refractivity contribution < 1.29 is 4.48 Å². The molecular formula is C11H24N+. The molecule has 0 fully saturated rings. The Morgan fingerprint density at radius 2 is 1.83 bits per heavy atom. The largest absolute Gasteiger partial charge is 0.328 e. The molecule has 0 aliphatic heterocycles. The van der Waals surface area contributed by atoms with E-state index in [0.717, 1.165) is 10.9 Å². The van der Waals surface area contributed by atoms with Crippen molar-refractivity contribution in [1.29, 1.82) is 0 Å².